The van der Waals surface area contributed by atoms with Gasteiger partial charge in [0.2, 0.25) is 0 Å². The summed E-state index contributed by atoms with van der Waals surface area (Å²) in [5, 5.41) is 8.06. The van der Waals surface area contributed by atoms with Crippen molar-refractivity contribution in [3.63, 3.8) is 0 Å². The Labute approximate surface area is 122 Å². The fraction of sp³-hybridized carbons (Fsp3) is 0.0588. The molecule has 3 rings (SSSR count). The summed E-state index contributed by atoms with van der Waals surface area (Å²) in [5.41, 5.74) is 2.08. The maximum absolute atomic E-state index is 12.5. The third-order valence-electron chi connectivity index (χ3n) is 3.37. The molecule has 0 aliphatic rings. The van der Waals surface area contributed by atoms with Crippen LogP contribution in [0.3, 0.4) is 0 Å². The minimum atomic E-state index is -0.155. The number of benzene rings is 2. The molecule has 2 aromatic carbocycles. The van der Waals surface area contributed by atoms with Gasteiger partial charge in [0.05, 0.1) is 17.4 Å². The summed E-state index contributed by atoms with van der Waals surface area (Å²) in [6.07, 6.45) is 3.25. The van der Waals surface area contributed by atoms with E-state index in [1.54, 1.807) is 25.5 Å². The Morgan fingerprint density at radius 1 is 1.00 bits per heavy atom. The molecule has 0 spiro atoms. The van der Waals surface area contributed by atoms with Crippen molar-refractivity contribution < 1.29 is 4.79 Å². The number of aromatic nitrogens is 1. The summed E-state index contributed by atoms with van der Waals surface area (Å²) < 4.78 is 0. The van der Waals surface area contributed by atoms with Crippen LogP contribution >= 0.6 is 0 Å². The highest BCUT2D eigenvalue weighted by Gasteiger charge is 2.11. The third kappa shape index (κ3) is 2.56. The normalized spacial score (nSPS) is 10.3. The monoisotopic (exact) mass is 277 g/mol. The Morgan fingerprint density at radius 3 is 2.67 bits per heavy atom. The predicted molar refractivity (Wildman–Crippen MR) is 85.7 cm³/mol. The van der Waals surface area contributed by atoms with E-state index in [0.717, 1.165) is 16.5 Å². The number of anilines is 2. The molecule has 1 heterocycles. The van der Waals surface area contributed by atoms with Gasteiger partial charge >= 0.3 is 0 Å². The molecular weight excluding hydrogens is 262 g/mol. The zero-order chi connectivity index (χ0) is 14.7. The molecule has 1 amide bonds. The van der Waals surface area contributed by atoms with Gasteiger partial charge in [0.1, 0.15) is 0 Å². The summed E-state index contributed by atoms with van der Waals surface area (Å²) in [5.74, 6) is -0.155. The molecule has 0 atom stereocenters. The van der Waals surface area contributed by atoms with Crippen LogP contribution in [0.25, 0.3) is 10.8 Å². The summed E-state index contributed by atoms with van der Waals surface area (Å²) in [6.45, 7) is 0. The molecule has 0 unspecified atom stereocenters. The van der Waals surface area contributed by atoms with Crippen molar-refractivity contribution in [2.75, 3.05) is 17.7 Å². The van der Waals surface area contributed by atoms with Crippen LogP contribution < -0.4 is 10.6 Å². The van der Waals surface area contributed by atoms with Crippen LogP contribution in [0.1, 0.15) is 10.4 Å². The van der Waals surface area contributed by atoms with Crippen LogP contribution in [0.2, 0.25) is 0 Å². The molecule has 0 saturated carbocycles. The molecule has 0 aliphatic carbocycles. The first-order valence-corrected chi connectivity index (χ1v) is 6.70. The molecule has 21 heavy (non-hydrogen) atoms. The largest absolute Gasteiger partial charge is 0.386 e. The average Bonchev–Trinajstić information content (AvgIpc) is 2.55. The van der Waals surface area contributed by atoms with E-state index in [1.807, 2.05) is 42.5 Å². The van der Waals surface area contributed by atoms with Gasteiger partial charge in [0, 0.05) is 24.3 Å². The molecule has 1 aromatic heterocycles. The van der Waals surface area contributed by atoms with Crippen LogP contribution in [0.4, 0.5) is 11.4 Å². The second-order valence-corrected chi connectivity index (χ2v) is 4.65. The van der Waals surface area contributed by atoms with Gasteiger partial charge in [-0.1, -0.05) is 36.4 Å². The van der Waals surface area contributed by atoms with Crippen molar-refractivity contribution in [2.24, 2.45) is 0 Å². The van der Waals surface area contributed by atoms with E-state index >= 15 is 0 Å². The number of carbonyl (C=O) groups is 1. The van der Waals surface area contributed by atoms with Crippen LogP contribution in [-0.4, -0.2) is 17.9 Å². The lowest BCUT2D eigenvalue weighted by atomic mass is 10.1. The maximum atomic E-state index is 12.5. The molecule has 0 radical (unpaired) electrons. The Kier molecular flexibility index (Phi) is 3.51. The van der Waals surface area contributed by atoms with Crippen LogP contribution in [0.15, 0.2) is 60.9 Å². The third-order valence-corrected chi connectivity index (χ3v) is 3.37. The first-order chi connectivity index (χ1) is 10.3. The molecular formula is C17H15N3O. The summed E-state index contributed by atoms with van der Waals surface area (Å²) in [4.78, 5) is 16.5. The molecule has 0 aliphatic heterocycles. The zero-order valence-corrected chi connectivity index (χ0v) is 11.6. The van der Waals surface area contributed by atoms with Crippen molar-refractivity contribution in [1.29, 1.82) is 0 Å². The summed E-state index contributed by atoms with van der Waals surface area (Å²) >= 11 is 0. The molecule has 4 heteroatoms. The van der Waals surface area contributed by atoms with Crippen LogP contribution in [-0.2, 0) is 0 Å². The maximum Gasteiger partial charge on any atom is 0.257 e. The zero-order valence-electron chi connectivity index (χ0n) is 11.6. The van der Waals surface area contributed by atoms with Gasteiger partial charge in [-0.15, -0.1) is 0 Å². The molecule has 3 aromatic rings. The van der Waals surface area contributed by atoms with E-state index in [4.69, 9.17) is 0 Å². The fourth-order valence-electron chi connectivity index (χ4n) is 2.32. The lowest BCUT2D eigenvalue weighted by Gasteiger charge is -2.11. The van der Waals surface area contributed by atoms with E-state index in [-0.39, 0.29) is 5.91 Å². The van der Waals surface area contributed by atoms with E-state index in [0.29, 0.717) is 11.3 Å². The molecule has 0 fully saturated rings. The van der Waals surface area contributed by atoms with Crippen molar-refractivity contribution >= 4 is 28.1 Å². The van der Waals surface area contributed by atoms with Crippen molar-refractivity contribution in [2.45, 2.75) is 0 Å². The average molecular weight is 277 g/mol. The summed E-state index contributed by atoms with van der Waals surface area (Å²) in [6, 6.07) is 15.5. The lowest BCUT2D eigenvalue weighted by Crippen LogP contribution is -2.14. The van der Waals surface area contributed by atoms with Crippen molar-refractivity contribution in [3.05, 3.63) is 66.5 Å². The predicted octanol–water partition coefficient (Wildman–Crippen LogP) is 3.53. The Hall–Kier alpha value is -2.88. The minimum absolute atomic E-state index is 0.155. The molecule has 0 saturated heterocycles. The number of rotatable bonds is 3. The van der Waals surface area contributed by atoms with E-state index in [1.165, 1.54) is 0 Å². The first kappa shape index (κ1) is 13.1. The number of nitrogens with one attached hydrogen (secondary N) is 2. The molecule has 4 nitrogen and oxygen atoms in total. The van der Waals surface area contributed by atoms with Gasteiger partial charge in [-0.3, -0.25) is 9.78 Å². The van der Waals surface area contributed by atoms with E-state index < -0.39 is 0 Å². The molecule has 0 bridgehead atoms. The van der Waals surface area contributed by atoms with Crippen molar-refractivity contribution in [3.8, 4) is 0 Å². The number of amides is 1. The van der Waals surface area contributed by atoms with Gasteiger partial charge in [-0.05, 0) is 17.5 Å². The number of hydrogen-bond donors (Lipinski definition) is 2. The number of hydrogen-bond acceptors (Lipinski definition) is 3. The number of pyridine rings is 1. The number of carbonyl (C=O) groups excluding carboxylic acids is 1. The smallest absolute Gasteiger partial charge is 0.257 e. The van der Waals surface area contributed by atoms with E-state index in [2.05, 4.69) is 15.6 Å². The van der Waals surface area contributed by atoms with E-state index in [9.17, 15) is 4.79 Å². The molecule has 2 N–H and O–H groups in total. The lowest BCUT2D eigenvalue weighted by molar-refractivity contribution is 0.102. The second-order valence-electron chi connectivity index (χ2n) is 4.65. The standard InChI is InChI=1S/C17H15N3O/c1-18-16-11-19-10-9-14(16)17(21)20-15-8-4-6-12-5-2-3-7-13(12)15/h2-11,18H,1H3,(H,20,21). The Morgan fingerprint density at radius 2 is 1.81 bits per heavy atom. The Bertz CT molecular complexity index is 793. The fourth-order valence-corrected chi connectivity index (χ4v) is 2.32. The number of fused-ring (bicyclic) bond motifs is 1. The van der Waals surface area contributed by atoms with Gasteiger partial charge < -0.3 is 10.6 Å². The second kappa shape index (κ2) is 5.63. The summed E-state index contributed by atoms with van der Waals surface area (Å²) in [7, 11) is 1.77. The highest BCUT2D eigenvalue weighted by Crippen LogP contribution is 2.24. The van der Waals surface area contributed by atoms with Gasteiger partial charge in [0.15, 0.2) is 0 Å². The number of nitrogens with zero attached hydrogens (tertiary/aromatic N) is 1. The highest BCUT2D eigenvalue weighted by atomic mass is 16.1. The van der Waals surface area contributed by atoms with Crippen LogP contribution in [0.5, 0.6) is 0 Å². The van der Waals surface area contributed by atoms with Crippen molar-refractivity contribution in [1.82, 2.24) is 4.98 Å². The van der Waals surface area contributed by atoms with Gasteiger partial charge in [-0.25, -0.2) is 0 Å². The minimum Gasteiger partial charge on any atom is -0.386 e. The quantitative estimate of drug-likeness (QED) is 0.770. The SMILES string of the molecule is CNc1cnccc1C(=O)Nc1cccc2ccccc12. The topological polar surface area (TPSA) is 54.0 Å². The first-order valence-electron chi connectivity index (χ1n) is 6.70. The van der Waals surface area contributed by atoms with Gasteiger partial charge in [-0.2, -0.15) is 0 Å². The van der Waals surface area contributed by atoms with Gasteiger partial charge in [0.25, 0.3) is 5.91 Å². The Balaban J connectivity index is 1.97. The van der Waals surface area contributed by atoms with Crippen LogP contribution in [0, 0.1) is 0 Å². The highest BCUT2D eigenvalue weighted by molar-refractivity contribution is 6.11. The molecule has 104 valence electrons.